The molecule has 3 nitrogen and oxygen atoms in total. The summed E-state index contributed by atoms with van der Waals surface area (Å²) in [6.07, 6.45) is 3.92. The Morgan fingerprint density at radius 3 is 2.81 bits per heavy atom. The summed E-state index contributed by atoms with van der Waals surface area (Å²) in [5, 5.41) is 0. The van der Waals surface area contributed by atoms with Crippen molar-refractivity contribution in [2.75, 3.05) is 29.5 Å². The zero-order chi connectivity index (χ0) is 11.5. The van der Waals surface area contributed by atoms with Crippen LogP contribution in [0.4, 0.5) is 17.1 Å². The highest BCUT2D eigenvalue weighted by molar-refractivity contribution is 5.70. The fourth-order valence-electron chi connectivity index (χ4n) is 2.47. The van der Waals surface area contributed by atoms with Crippen LogP contribution in [0.25, 0.3) is 0 Å². The monoisotopic (exact) mass is 219 g/mol. The first kappa shape index (κ1) is 11.1. The second kappa shape index (κ2) is 4.64. The number of nitrogens with two attached hydrogens (primary N) is 2. The second-order valence-corrected chi connectivity index (χ2v) is 4.70. The molecule has 0 bridgehead atoms. The van der Waals surface area contributed by atoms with Crippen LogP contribution < -0.4 is 16.4 Å². The van der Waals surface area contributed by atoms with Crippen molar-refractivity contribution in [3.05, 3.63) is 18.2 Å². The minimum Gasteiger partial charge on any atom is -0.397 e. The van der Waals surface area contributed by atoms with Crippen LogP contribution in [0, 0.1) is 5.92 Å². The molecule has 1 fully saturated rings. The zero-order valence-corrected chi connectivity index (χ0v) is 9.95. The number of nitrogen functional groups attached to an aromatic ring is 2. The standard InChI is InChI=1S/C13H21N3/c1-2-3-10-6-7-16(9-10)11-4-5-12(14)13(15)8-11/h4-5,8,10H,2-3,6-7,9,14-15H2,1H3. The lowest BCUT2D eigenvalue weighted by molar-refractivity contribution is 0.530. The van der Waals surface area contributed by atoms with Crippen molar-refractivity contribution in [3.63, 3.8) is 0 Å². The van der Waals surface area contributed by atoms with Gasteiger partial charge in [0.25, 0.3) is 0 Å². The van der Waals surface area contributed by atoms with Gasteiger partial charge < -0.3 is 16.4 Å². The van der Waals surface area contributed by atoms with Gasteiger partial charge in [-0.25, -0.2) is 0 Å². The van der Waals surface area contributed by atoms with Crippen LogP contribution in [-0.4, -0.2) is 13.1 Å². The Balaban J connectivity index is 2.05. The maximum atomic E-state index is 5.83. The number of hydrogen-bond donors (Lipinski definition) is 2. The smallest absolute Gasteiger partial charge is 0.0568 e. The van der Waals surface area contributed by atoms with E-state index < -0.39 is 0 Å². The molecule has 88 valence electrons. The van der Waals surface area contributed by atoms with Crippen LogP contribution in [0.1, 0.15) is 26.2 Å². The summed E-state index contributed by atoms with van der Waals surface area (Å²) in [5.41, 5.74) is 14.1. The van der Waals surface area contributed by atoms with Gasteiger partial charge in [-0.3, -0.25) is 0 Å². The van der Waals surface area contributed by atoms with E-state index >= 15 is 0 Å². The highest BCUT2D eigenvalue weighted by atomic mass is 15.1. The molecular weight excluding hydrogens is 198 g/mol. The molecule has 1 unspecified atom stereocenters. The molecule has 1 saturated heterocycles. The predicted octanol–water partition coefficient (Wildman–Crippen LogP) is 2.48. The van der Waals surface area contributed by atoms with E-state index in [0.717, 1.165) is 19.0 Å². The Labute approximate surface area is 97.4 Å². The van der Waals surface area contributed by atoms with Crippen LogP contribution in [0.3, 0.4) is 0 Å². The first-order chi connectivity index (χ1) is 7.70. The molecule has 0 aliphatic carbocycles. The number of rotatable bonds is 3. The summed E-state index contributed by atoms with van der Waals surface area (Å²) >= 11 is 0. The Kier molecular flexibility index (Phi) is 3.22. The van der Waals surface area contributed by atoms with Crippen LogP contribution in [0.15, 0.2) is 18.2 Å². The SMILES string of the molecule is CCCC1CCN(c2ccc(N)c(N)c2)C1. The van der Waals surface area contributed by atoms with E-state index in [2.05, 4.69) is 17.9 Å². The van der Waals surface area contributed by atoms with Crippen molar-refractivity contribution in [1.29, 1.82) is 0 Å². The quantitative estimate of drug-likeness (QED) is 0.768. The second-order valence-electron chi connectivity index (χ2n) is 4.70. The van der Waals surface area contributed by atoms with Gasteiger partial charge in [0.05, 0.1) is 11.4 Å². The fourth-order valence-corrected chi connectivity index (χ4v) is 2.47. The highest BCUT2D eigenvalue weighted by Gasteiger charge is 2.21. The molecular formula is C13H21N3. The third-order valence-corrected chi connectivity index (χ3v) is 3.42. The summed E-state index contributed by atoms with van der Waals surface area (Å²) in [6.45, 7) is 4.56. The van der Waals surface area contributed by atoms with Crippen LogP contribution in [0.5, 0.6) is 0 Å². The third-order valence-electron chi connectivity index (χ3n) is 3.42. The first-order valence-electron chi connectivity index (χ1n) is 6.10. The maximum Gasteiger partial charge on any atom is 0.0568 e. The van der Waals surface area contributed by atoms with Crippen molar-refractivity contribution < 1.29 is 0 Å². The van der Waals surface area contributed by atoms with Crippen LogP contribution in [0.2, 0.25) is 0 Å². The van der Waals surface area contributed by atoms with Gasteiger partial charge in [0.2, 0.25) is 0 Å². The summed E-state index contributed by atoms with van der Waals surface area (Å²) in [6, 6.07) is 5.96. The van der Waals surface area contributed by atoms with Gasteiger partial charge in [0.15, 0.2) is 0 Å². The lowest BCUT2D eigenvalue weighted by Gasteiger charge is -2.19. The predicted molar refractivity (Wildman–Crippen MR) is 70.5 cm³/mol. The Hall–Kier alpha value is -1.38. The number of hydrogen-bond acceptors (Lipinski definition) is 3. The van der Waals surface area contributed by atoms with Crippen molar-refractivity contribution in [3.8, 4) is 0 Å². The zero-order valence-electron chi connectivity index (χ0n) is 9.95. The molecule has 1 aliphatic heterocycles. The molecule has 2 rings (SSSR count). The van der Waals surface area contributed by atoms with Crippen molar-refractivity contribution >= 4 is 17.1 Å². The lowest BCUT2D eigenvalue weighted by atomic mass is 10.0. The van der Waals surface area contributed by atoms with Gasteiger partial charge in [-0.15, -0.1) is 0 Å². The van der Waals surface area contributed by atoms with E-state index in [9.17, 15) is 0 Å². The van der Waals surface area contributed by atoms with E-state index in [0.29, 0.717) is 11.4 Å². The molecule has 0 spiro atoms. The van der Waals surface area contributed by atoms with Gasteiger partial charge in [-0.1, -0.05) is 13.3 Å². The van der Waals surface area contributed by atoms with Gasteiger partial charge in [-0.2, -0.15) is 0 Å². The molecule has 0 saturated carbocycles. The molecule has 1 aromatic carbocycles. The molecule has 0 aromatic heterocycles. The minimum absolute atomic E-state index is 0.674. The summed E-state index contributed by atoms with van der Waals surface area (Å²) in [4.78, 5) is 2.41. The number of benzene rings is 1. The van der Waals surface area contributed by atoms with E-state index in [-0.39, 0.29) is 0 Å². The molecule has 4 N–H and O–H groups in total. The minimum atomic E-state index is 0.674. The lowest BCUT2D eigenvalue weighted by Crippen LogP contribution is -2.19. The summed E-state index contributed by atoms with van der Waals surface area (Å²) in [5.74, 6) is 0.851. The number of nitrogens with zero attached hydrogens (tertiary/aromatic N) is 1. The van der Waals surface area contributed by atoms with Gasteiger partial charge >= 0.3 is 0 Å². The van der Waals surface area contributed by atoms with Crippen LogP contribution >= 0.6 is 0 Å². The molecule has 0 amide bonds. The normalized spacial score (nSPS) is 20.3. The topological polar surface area (TPSA) is 55.3 Å². The van der Waals surface area contributed by atoms with Crippen LogP contribution in [-0.2, 0) is 0 Å². The Bertz CT molecular complexity index is 362. The molecule has 16 heavy (non-hydrogen) atoms. The van der Waals surface area contributed by atoms with Gasteiger partial charge in [0, 0.05) is 18.8 Å². The number of anilines is 3. The average molecular weight is 219 g/mol. The highest BCUT2D eigenvalue weighted by Crippen LogP contribution is 2.29. The third kappa shape index (κ3) is 2.23. The van der Waals surface area contributed by atoms with Gasteiger partial charge in [0.1, 0.15) is 0 Å². The van der Waals surface area contributed by atoms with E-state index in [4.69, 9.17) is 11.5 Å². The first-order valence-corrected chi connectivity index (χ1v) is 6.10. The Morgan fingerprint density at radius 1 is 1.31 bits per heavy atom. The van der Waals surface area contributed by atoms with E-state index in [1.54, 1.807) is 0 Å². The fraction of sp³-hybridized carbons (Fsp3) is 0.538. The van der Waals surface area contributed by atoms with Crippen molar-refractivity contribution in [1.82, 2.24) is 0 Å². The summed E-state index contributed by atoms with van der Waals surface area (Å²) < 4.78 is 0. The van der Waals surface area contributed by atoms with E-state index in [1.807, 2.05) is 12.1 Å². The molecule has 0 radical (unpaired) electrons. The molecule has 3 heteroatoms. The average Bonchev–Trinajstić information content (AvgIpc) is 2.71. The maximum absolute atomic E-state index is 5.83. The van der Waals surface area contributed by atoms with Crippen molar-refractivity contribution in [2.45, 2.75) is 26.2 Å². The largest absolute Gasteiger partial charge is 0.397 e. The van der Waals surface area contributed by atoms with Crippen molar-refractivity contribution in [2.24, 2.45) is 5.92 Å². The molecule has 1 atom stereocenters. The summed E-state index contributed by atoms with van der Waals surface area (Å²) in [7, 11) is 0. The van der Waals surface area contributed by atoms with Gasteiger partial charge in [-0.05, 0) is 37.0 Å². The van der Waals surface area contributed by atoms with E-state index in [1.165, 1.54) is 24.9 Å². The molecule has 1 aromatic rings. The Morgan fingerprint density at radius 2 is 2.12 bits per heavy atom. The molecule has 1 aliphatic rings. The molecule has 1 heterocycles.